The average Bonchev–Trinajstić information content (AvgIpc) is 2.73. The molecule has 1 aliphatic rings. The van der Waals surface area contributed by atoms with E-state index >= 15 is 0 Å². The van der Waals surface area contributed by atoms with Crippen molar-refractivity contribution in [1.29, 1.82) is 0 Å². The number of benzene rings is 2. The Morgan fingerprint density at radius 2 is 1.67 bits per heavy atom. The molecule has 1 aliphatic heterocycles. The van der Waals surface area contributed by atoms with Gasteiger partial charge in [-0.3, -0.25) is 4.79 Å². The van der Waals surface area contributed by atoms with Gasteiger partial charge in [0, 0.05) is 15.9 Å². The predicted molar refractivity (Wildman–Crippen MR) is 123 cm³/mol. The van der Waals surface area contributed by atoms with Gasteiger partial charge in [0.25, 0.3) is 5.91 Å². The zero-order valence-corrected chi connectivity index (χ0v) is 19.4. The van der Waals surface area contributed by atoms with E-state index in [1.807, 2.05) is 31.2 Å². The SMILES string of the molecule is COc1cc([C@H]2NC(=S)NC(C)=C2C(=O)Nc2ccc(Br)cc2)cc(OC)c1OC. The molecule has 0 aliphatic carbocycles. The molecule has 2 aromatic rings. The monoisotopic (exact) mass is 491 g/mol. The molecule has 0 aromatic heterocycles. The first-order chi connectivity index (χ1) is 14.4. The van der Waals surface area contributed by atoms with E-state index in [0.29, 0.717) is 39.3 Å². The van der Waals surface area contributed by atoms with E-state index < -0.39 is 6.04 Å². The summed E-state index contributed by atoms with van der Waals surface area (Å²) >= 11 is 8.73. The van der Waals surface area contributed by atoms with E-state index in [2.05, 4.69) is 31.9 Å². The predicted octanol–water partition coefficient (Wildman–Crippen LogP) is 3.91. The summed E-state index contributed by atoms with van der Waals surface area (Å²) in [6.45, 7) is 1.81. The Labute approximate surface area is 188 Å². The topological polar surface area (TPSA) is 80.9 Å². The fraction of sp³-hybridized carbons (Fsp3) is 0.238. The number of methoxy groups -OCH3 is 3. The van der Waals surface area contributed by atoms with E-state index in [0.717, 1.165) is 10.0 Å². The number of thiocarbonyl (C=S) groups is 1. The van der Waals surface area contributed by atoms with Gasteiger partial charge in [-0.05, 0) is 61.1 Å². The lowest BCUT2D eigenvalue weighted by Gasteiger charge is -2.31. The summed E-state index contributed by atoms with van der Waals surface area (Å²) in [5.74, 6) is 1.20. The van der Waals surface area contributed by atoms with Crippen molar-refractivity contribution in [3.63, 3.8) is 0 Å². The minimum atomic E-state index is -0.511. The van der Waals surface area contributed by atoms with Crippen molar-refractivity contribution in [2.75, 3.05) is 26.6 Å². The number of carbonyl (C=O) groups is 1. The van der Waals surface area contributed by atoms with Crippen LogP contribution >= 0.6 is 28.1 Å². The lowest BCUT2D eigenvalue weighted by atomic mass is 9.94. The highest BCUT2D eigenvalue weighted by Gasteiger charge is 2.31. The average molecular weight is 492 g/mol. The van der Waals surface area contributed by atoms with E-state index in [1.54, 1.807) is 33.5 Å². The molecule has 3 N–H and O–H groups in total. The van der Waals surface area contributed by atoms with Gasteiger partial charge in [0.2, 0.25) is 5.75 Å². The Morgan fingerprint density at radius 1 is 1.07 bits per heavy atom. The third kappa shape index (κ3) is 4.52. The molecule has 30 heavy (non-hydrogen) atoms. The Morgan fingerprint density at radius 3 is 2.20 bits per heavy atom. The molecule has 0 unspecified atom stereocenters. The number of allylic oxidation sites excluding steroid dienone is 1. The summed E-state index contributed by atoms with van der Waals surface area (Å²) in [6, 6.07) is 10.4. The van der Waals surface area contributed by atoms with Crippen LogP contribution in [0.1, 0.15) is 18.5 Å². The summed E-state index contributed by atoms with van der Waals surface area (Å²) in [5, 5.41) is 9.56. The molecule has 0 fully saturated rings. The van der Waals surface area contributed by atoms with Gasteiger partial charge < -0.3 is 30.2 Å². The molecular weight excluding hydrogens is 470 g/mol. The fourth-order valence-corrected chi connectivity index (χ4v) is 3.78. The Kier molecular flexibility index (Phi) is 6.84. The standard InChI is InChI=1S/C21H22BrN3O4S/c1-11-17(20(26)24-14-7-5-13(22)6-8-14)18(25-21(30)23-11)12-9-15(27-2)19(29-4)16(10-12)28-3/h5-10,18H,1-4H3,(H,24,26)(H2,23,25,30)/t18-/m1/s1. The summed E-state index contributed by atoms with van der Waals surface area (Å²) in [5.41, 5.74) is 2.59. The number of anilines is 1. The fourth-order valence-electron chi connectivity index (χ4n) is 3.24. The summed E-state index contributed by atoms with van der Waals surface area (Å²) in [7, 11) is 4.63. The molecule has 0 radical (unpaired) electrons. The zero-order chi connectivity index (χ0) is 21.8. The molecule has 2 aromatic carbocycles. The lowest BCUT2D eigenvalue weighted by molar-refractivity contribution is -0.113. The molecule has 1 atom stereocenters. The van der Waals surface area contributed by atoms with Gasteiger partial charge in [-0.1, -0.05) is 15.9 Å². The smallest absolute Gasteiger partial charge is 0.255 e. The number of hydrogen-bond acceptors (Lipinski definition) is 5. The normalized spacial score (nSPS) is 15.8. The van der Waals surface area contributed by atoms with Crippen LogP contribution in [0.15, 0.2) is 52.1 Å². The summed E-state index contributed by atoms with van der Waals surface area (Å²) < 4.78 is 17.3. The Hall–Kier alpha value is -2.78. The number of hydrogen-bond donors (Lipinski definition) is 3. The zero-order valence-electron chi connectivity index (χ0n) is 17.0. The van der Waals surface area contributed by atoms with Crippen molar-refractivity contribution in [3.8, 4) is 17.2 Å². The van der Waals surface area contributed by atoms with Crippen molar-refractivity contribution in [3.05, 3.63) is 57.7 Å². The molecule has 9 heteroatoms. The highest BCUT2D eigenvalue weighted by molar-refractivity contribution is 9.10. The molecule has 0 saturated heterocycles. The van der Waals surface area contributed by atoms with Crippen molar-refractivity contribution in [1.82, 2.24) is 10.6 Å². The van der Waals surface area contributed by atoms with Crippen LogP contribution in [0.25, 0.3) is 0 Å². The van der Waals surface area contributed by atoms with Gasteiger partial charge in [0.15, 0.2) is 16.6 Å². The van der Waals surface area contributed by atoms with Gasteiger partial charge >= 0.3 is 0 Å². The molecule has 158 valence electrons. The first-order valence-corrected chi connectivity index (χ1v) is 10.2. The van der Waals surface area contributed by atoms with Crippen LogP contribution in [-0.2, 0) is 4.79 Å². The number of ether oxygens (including phenoxy) is 3. The van der Waals surface area contributed by atoms with Crippen LogP contribution in [0.3, 0.4) is 0 Å². The van der Waals surface area contributed by atoms with Crippen molar-refractivity contribution in [2.45, 2.75) is 13.0 Å². The van der Waals surface area contributed by atoms with Crippen LogP contribution in [0, 0.1) is 0 Å². The number of carbonyl (C=O) groups excluding carboxylic acids is 1. The number of nitrogens with one attached hydrogen (secondary N) is 3. The maximum absolute atomic E-state index is 13.2. The van der Waals surface area contributed by atoms with E-state index in [1.165, 1.54) is 0 Å². The molecule has 1 heterocycles. The van der Waals surface area contributed by atoms with Crippen LogP contribution in [0.2, 0.25) is 0 Å². The van der Waals surface area contributed by atoms with Gasteiger partial charge in [0.05, 0.1) is 32.9 Å². The number of halogens is 1. The van der Waals surface area contributed by atoms with Crippen molar-refractivity contribution < 1.29 is 19.0 Å². The number of rotatable bonds is 6. The molecular formula is C21H22BrN3O4S. The van der Waals surface area contributed by atoms with Gasteiger partial charge in [-0.2, -0.15) is 0 Å². The van der Waals surface area contributed by atoms with Gasteiger partial charge in [-0.25, -0.2) is 0 Å². The van der Waals surface area contributed by atoms with Crippen molar-refractivity contribution >= 4 is 44.9 Å². The molecule has 3 rings (SSSR count). The minimum absolute atomic E-state index is 0.254. The first kappa shape index (κ1) is 21.9. The van der Waals surface area contributed by atoms with Crippen LogP contribution in [-0.4, -0.2) is 32.3 Å². The summed E-state index contributed by atoms with van der Waals surface area (Å²) in [6.07, 6.45) is 0. The molecule has 1 amide bonds. The maximum atomic E-state index is 13.2. The molecule has 0 bridgehead atoms. The third-order valence-corrected chi connectivity index (χ3v) is 5.38. The van der Waals surface area contributed by atoms with E-state index in [4.69, 9.17) is 26.4 Å². The molecule has 0 saturated carbocycles. The van der Waals surface area contributed by atoms with E-state index in [9.17, 15) is 4.79 Å². The second-order valence-electron chi connectivity index (χ2n) is 6.49. The quantitative estimate of drug-likeness (QED) is 0.528. The van der Waals surface area contributed by atoms with Crippen LogP contribution < -0.4 is 30.2 Å². The Balaban J connectivity index is 2.03. The summed E-state index contributed by atoms with van der Waals surface area (Å²) in [4.78, 5) is 13.2. The first-order valence-electron chi connectivity index (χ1n) is 9.03. The van der Waals surface area contributed by atoms with Crippen molar-refractivity contribution in [2.24, 2.45) is 0 Å². The van der Waals surface area contributed by atoms with E-state index in [-0.39, 0.29) is 5.91 Å². The minimum Gasteiger partial charge on any atom is -0.493 e. The number of amides is 1. The highest BCUT2D eigenvalue weighted by Crippen LogP contribution is 2.41. The molecule has 7 nitrogen and oxygen atoms in total. The van der Waals surface area contributed by atoms with Gasteiger partial charge in [0.1, 0.15) is 0 Å². The second kappa shape index (κ2) is 9.36. The maximum Gasteiger partial charge on any atom is 0.255 e. The van der Waals surface area contributed by atoms with Crippen LogP contribution in [0.5, 0.6) is 17.2 Å². The lowest BCUT2D eigenvalue weighted by Crippen LogP contribution is -2.45. The largest absolute Gasteiger partial charge is 0.493 e. The third-order valence-electron chi connectivity index (χ3n) is 4.64. The van der Waals surface area contributed by atoms with Crippen LogP contribution in [0.4, 0.5) is 5.69 Å². The Bertz CT molecular complexity index is 983. The highest BCUT2D eigenvalue weighted by atomic mass is 79.9. The molecule has 0 spiro atoms. The van der Waals surface area contributed by atoms with Gasteiger partial charge in [-0.15, -0.1) is 0 Å². The second-order valence-corrected chi connectivity index (χ2v) is 7.81.